The van der Waals surface area contributed by atoms with Gasteiger partial charge in [-0.05, 0) is 94.9 Å². The van der Waals surface area contributed by atoms with E-state index in [0.29, 0.717) is 21.1 Å². The highest BCUT2D eigenvalue weighted by atomic mass is 79.9. The van der Waals surface area contributed by atoms with Gasteiger partial charge in [-0.2, -0.15) is 0 Å². The molecule has 166 valence electrons. The van der Waals surface area contributed by atoms with Gasteiger partial charge in [0.1, 0.15) is 29.1 Å². The summed E-state index contributed by atoms with van der Waals surface area (Å²) < 4.78 is 25.8. The fourth-order valence-corrected chi connectivity index (χ4v) is 4.90. The zero-order valence-corrected chi connectivity index (χ0v) is 19.9. The number of aromatic nitrogens is 1. The Morgan fingerprint density at radius 1 is 1.09 bits per heavy atom. The quantitative estimate of drug-likeness (QED) is 0.304. The number of nitrogens with zero attached hydrogens (tertiary/aromatic N) is 2. The summed E-state index contributed by atoms with van der Waals surface area (Å²) in [5, 5.41) is 3.98. The number of methoxy groups -OCH3 is 1. The van der Waals surface area contributed by atoms with Crippen LogP contribution in [0.5, 0.6) is 5.75 Å². The second kappa shape index (κ2) is 8.96. The molecule has 1 aliphatic heterocycles. The number of nitrogens with one attached hydrogen (secondary N) is 1. The monoisotopic (exact) mass is 523 g/mol. The predicted octanol–water partition coefficient (Wildman–Crippen LogP) is 6.43. The van der Waals surface area contributed by atoms with E-state index in [1.165, 1.54) is 12.1 Å². The maximum absolute atomic E-state index is 13.6. The summed E-state index contributed by atoms with van der Waals surface area (Å²) in [6, 6.07) is 21.3. The highest BCUT2D eigenvalue weighted by Crippen LogP contribution is 2.43. The molecule has 0 saturated carbocycles. The van der Waals surface area contributed by atoms with Crippen LogP contribution in [-0.2, 0) is 0 Å². The van der Waals surface area contributed by atoms with Gasteiger partial charge < -0.3 is 19.4 Å². The summed E-state index contributed by atoms with van der Waals surface area (Å²) in [4.78, 5) is 6.58. The summed E-state index contributed by atoms with van der Waals surface area (Å²) in [6.45, 7) is 0. The predicted molar refractivity (Wildman–Crippen MR) is 133 cm³/mol. The standard InChI is InChI=1S/C25H19BrFN3O2S/c1-31-17-8-6-16(7-9-17)30-24(23(29-25(30)33)20-4-2-3-13-28-20)22-12-11-21(32-22)18-10-5-15(27)14-19(18)26/h2-14,23-24H,1H3,(H,29,33)/t23-,24+/m1/s1. The van der Waals surface area contributed by atoms with Crippen molar-refractivity contribution in [3.8, 4) is 17.1 Å². The molecule has 0 bridgehead atoms. The molecule has 33 heavy (non-hydrogen) atoms. The van der Waals surface area contributed by atoms with E-state index in [4.69, 9.17) is 21.4 Å². The zero-order chi connectivity index (χ0) is 22.9. The van der Waals surface area contributed by atoms with Gasteiger partial charge in [-0.25, -0.2) is 4.39 Å². The Kier molecular flexibility index (Phi) is 5.86. The van der Waals surface area contributed by atoms with Crippen molar-refractivity contribution in [2.24, 2.45) is 0 Å². The minimum absolute atomic E-state index is 0.225. The Bertz CT molecular complexity index is 1300. The van der Waals surface area contributed by atoms with E-state index in [0.717, 1.165) is 22.7 Å². The lowest BCUT2D eigenvalue weighted by atomic mass is 10.0. The van der Waals surface area contributed by atoms with Crippen molar-refractivity contribution in [2.75, 3.05) is 12.0 Å². The number of hydrogen-bond donors (Lipinski definition) is 1. The van der Waals surface area contributed by atoms with Crippen molar-refractivity contribution in [1.29, 1.82) is 0 Å². The maximum atomic E-state index is 13.6. The van der Waals surface area contributed by atoms with E-state index < -0.39 is 0 Å². The van der Waals surface area contributed by atoms with Crippen LogP contribution in [0.4, 0.5) is 10.1 Å². The van der Waals surface area contributed by atoms with Crippen LogP contribution in [0, 0.1) is 5.82 Å². The number of rotatable bonds is 5. The molecular formula is C25H19BrFN3O2S. The third-order valence-electron chi connectivity index (χ3n) is 5.56. The summed E-state index contributed by atoms with van der Waals surface area (Å²) in [5.41, 5.74) is 2.51. The van der Waals surface area contributed by atoms with Crippen molar-refractivity contribution < 1.29 is 13.5 Å². The van der Waals surface area contributed by atoms with Crippen LogP contribution in [-0.4, -0.2) is 17.2 Å². The number of hydrogen-bond acceptors (Lipinski definition) is 4. The molecule has 1 saturated heterocycles. The van der Waals surface area contributed by atoms with Crippen molar-refractivity contribution in [2.45, 2.75) is 12.1 Å². The fourth-order valence-electron chi connectivity index (χ4n) is 4.01. The van der Waals surface area contributed by atoms with Crippen molar-refractivity contribution in [3.05, 3.63) is 101 Å². The molecule has 0 spiro atoms. The van der Waals surface area contributed by atoms with Gasteiger partial charge in [0.2, 0.25) is 0 Å². The van der Waals surface area contributed by atoms with Gasteiger partial charge in [-0.3, -0.25) is 4.98 Å². The molecular weight excluding hydrogens is 505 g/mol. The van der Waals surface area contributed by atoms with Crippen molar-refractivity contribution in [3.63, 3.8) is 0 Å². The molecule has 2 atom stereocenters. The first kappa shape index (κ1) is 21.6. The SMILES string of the molecule is COc1ccc(N2C(=S)N[C@H](c3ccccn3)[C@@H]2c2ccc(-c3ccc(F)cc3Br)o2)cc1. The number of thiocarbonyl (C=S) groups is 1. The third kappa shape index (κ3) is 4.12. The second-order valence-electron chi connectivity index (χ2n) is 7.52. The smallest absolute Gasteiger partial charge is 0.174 e. The molecule has 0 amide bonds. The Hall–Kier alpha value is -3.23. The first-order valence-electron chi connectivity index (χ1n) is 10.2. The fraction of sp³-hybridized carbons (Fsp3) is 0.120. The van der Waals surface area contributed by atoms with E-state index in [-0.39, 0.29) is 17.9 Å². The second-order valence-corrected chi connectivity index (χ2v) is 8.76. The Balaban J connectivity index is 1.59. The largest absolute Gasteiger partial charge is 0.497 e. The Labute approximate surface area is 204 Å². The normalized spacial score (nSPS) is 17.8. The maximum Gasteiger partial charge on any atom is 0.174 e. The van der Waals surface area contributed by atoms with Gasteiger partial charge in [0.25, 0.3) is 0 Å². The first-order chi connectivity index (χ1) is 16.0. The van der Waals surface area contributed by atoms with Crippen molar-refractivity contribution >= 4 is 38.9 Å². The lowest BCUT2D eigenvalue weighted by Gasteiger charge is -2.26. The minimum Gasteiger partial charge on any atom is -0.497 e. The number of halogens is 2. The van der Waals surface area contributed by atoms with Crippen molar-refractivity contribution in [1.82, 2.24) is 10.3 Å². The van der Waals surface area contributed by atoms with Gasteiger partial charge >= 0.3 is 0 Å². The molecule has 0 aliphatic carbocycles. The molecule has 0 radical (unpaired) electrons. The molecule has 8 heteroatoms. The van der Waals surface area contributed by atoms with Gasteiger partial charge in [-0.1, -0.05) is 6.07 Å². The van der Waals surface area contributed by atoms with E-state index in [1.54, 1.807) is 19.4 Å². The summed E-state index contributed by atoms with van der Waals surface area (Å²) >= 11 is 9.17. The molecule has 1 aliphatic rings. The first-order valence-corrected chi connectivity index (χ1v) is 11.4. The molecule has 1 N–H and O–H groups in total. The number of pyridine rings is 1. The lowest BCUT2D eigenvalue weighted by Crippen LogP contribution is -2.29. The average Bonchev–Trinajstić information content (AvgIpc) is 3.44. The van der Waals surface area contributed by atoms with Crippen LogP contribution >= 0.6 is 28.1 Å². The van der Waals surface area contributed by atoms with Gasteiger partial charge in [0.15, 0.2) is 5.11 Å². The van der Waals surface area contributed by atoms with E-state index in [2.05, 4.69) is 26.2 Å². The Morgan fingerprint density at radius 3 is 2.61 bits per heavy atom. The third-order valence-corrected chi connectivity index (χ3v) is 6.53. The van der Waals surface area contributed by atoms with Crippen LogP contribution in [0.15, 0.2) is 87.9 Å². The Morgan fingerprint density at radius 2 is 1.91 bits per heavy atom. The van der Waals surface area contributed by atoms with E-state index in [1.807, 2.05) is 59.5 Å². The highest BCUT2D eigenvalue weighted by Gasteiger charge is 2.42. The lowest BCUT2D eigenvalue weighted by molar-refractivity contribution is 0.414. The summed E-state index contributed by atoms with van der Waals surface area (Å²) in [7, 11) is 1.63. The van der Waals surface area contributed by atoms with Crippen LogP contribution in [0.3, 0.4) is 0 Å². The molecule has 5 rings (SSSR count). The highest BCUT2D eigenvalue weighted by molar-refractivity contribution is 9.10. The number of furan rings is 1. The summed E-state index contributed by atoms with van der Waals surface area (Å²) in [5.74, 6) is 1.78. The van der Waals surface area contributed by atoms with Crippen LogP contribution < -0.4 is 15.0 Å². The molecule has 2 aromatic heterocycles. The number of benzene rings is 2. The molecule has 4 aromatic rings. The van der Waals surface area contributed by atoms with Crippen LogP contribution in [0.25, 0.3) is 11.3 Å². The molecule has 1 fully saturated rings. The van der Waals surface area contributed by atoms with Crippen LogP contribution in [0.2, 0.25) is 0 Å². The zero-order valence-electron chi connectivity index (χ0n) is 17.5. The van der Waals surface area contributed by atoms with Gasteiger partial charge in [0, 0.05) is 21.9 Å². The summed E-state index contributed by atoms with van der Waals surface area (Å²) in [6.07, 6.45) is 1.76. The van der Waals surface area contributed by atoms with E-state index in [9.17, 15) is 4.39 Å². The molecule has 0 unspecified atom stereocenters. The van der Waals surface area contributed by atoms with Crippen LogP contribution in [0.1, 0.15) is 23.5 Å². The van der Waals surface area contributed by atoms with Gasteiger partial charge in [-0.15, -0.1) is 0 Å². The molecule has 5 nitrogen and oxygen atoms in total. The number of anilines is 1. The average molecular weight is 524 g/mol. The molecule has 3 heterocycles. The number of ether oxygens (including phenoxy) is 1. The van der Waals surface area contributed by atoms with E-state index >= 15 is 0 Å². The topological polar surface area (TPSA) is 50.5 Å². The minimum atomic E-state index is -0.316. The van der Waals surface area contributed by atoms with Gasteiger partial charge in [0.05, 0.1) is 18.8 Å². The molecule has 2 aromatic carbocycles.